The first-order valence-electron chi connectivity index (χ1n) is 18.3. The second-order valence-electron chi connectivity index (χ2n) is 14.2. The molecule has 0 bridgehead atoms. The second-order valence-corrected chi connectivity index (χ2v) is 15.0. The summed E-state index contributed by atoms with van der Waals surface area (Å²) in [5.41, 5.74) is 6.30. The predicted molar refractivity (Wildman–Crippen MR) is 218 cm³/mol. The minimum atomic E-state index is -1.28. The van der Waals surface area contributed by atoms with Crippen LogP contribution in [0.2, 0.25) is 10.0 Å². The van der Waals surface area contributed by atoms with Crippen LogP contribution in [0.3, 0.4) is 0 Å². The third-order valence-electron chi connectivity index (χ3n) is 10.0. The highest BCUT2D eigenvalue weighted by Crippen LogP contribution is 2.40. The van der Waals surface area contributed by atoms with E-state index in [0.717, 1.165) is 22.3 Å². The van der Waals surface area contributed by atoms with Crippen LogP contribution in [0.25, 0.3) is 11.1 Å². The molecule has 0 radical (unpaired) electrons. The quantitative estimate of drug-likeness (QED) is 0.131. The highest BCUT2D eigenvalue weighted by molar-refractivity contribution is 6.42. The van der Waals surface area contributed by atoms with Crippen molar-refractivity contribution in [1.29, 1.82) is 5.26 Å². The largest absolute Gasteiger partial charge is 0.489 e. The Morgan fingerprint density at radius 1 is 0.931 bits per heavy atom. The van der Waals surface area contributed by atoms with Gasteiger partial charge in [-0.25, -0.2) is 9.59 Å². The topological polar surface area (TPSA) is 161 Å². The van der Waals surface area contributed by atoms with Gasteiger partial charge in [-0.3, -0.25) is 9.59 Å². The van der Waals surface area contributed by atoms with Crippen molar-refractivity contribution in [3.8, 4) is 28.7 Å². The van der Waals surface area contributed by atoms with Crippen molar-refractivity contribution in [2.45, 2.75) is 44.2 Å². The Kier molecular flexibility index (Phi) is 11.6. The van der Waals surface area contributed by atoms with Crippen molar-refractivity contribution < 1.29 is 33.8 Å². The first-order chi connectivity index (χ1) is 27.9. The number of fused-ring (bicyclic) bond motifs is 2. The molecule has 7 rings (SSSR count). The molecule has 3 atom stereocenters. The van der Waals surface area contributed by atoms with Crippen molar-refractivity contribution in [3.63, 3.8) is 0 Å². The van der Waals surface area contributed by atoms with E-state index < -0.39 is 36.1 Å². The summed E-state index contributed by atoms with van der Waals surface area (Å²) in [6.45, 7) is 0.307. The Morgan fingerprint density at radius 3 is 2.24 bits per heavy atom. The van der Waals surface area contributed by atoms with Gasteiger partial charge in [-0.1, -0.05) is 77.8 Å². The van der Waals surface area contributed by atoms with Crippen molar-refractivity contribution >= 4 is 52.7 Å². The van der Waals surface area contributed by atoms with E-state index in [9.17, 15) is 24.3 Å². The number of amides is 4. The van der Waals surface area contributed by atoms with Gasteiger partial charge in [-0.15, -0.1) is 0 Å². The molecular formula is C44H37Cl2N5O7. The number of nitrogens with one attached hydrogen (secondary N) is 2. The van der Waals surface area contributed by atoms with Crippen LogP contribution in [0, 0.1) is 11.3 Å². The lowest BCUT2D eigenvalue weighted by Crippen LogP contribution is -2.57. The number of hydrogen-bond donors (Lipinski definition) is 3. The lowest BCUT2D eigenvalue weighted by atomic mass is 9.91. The molecule has 58 heavy (non-hydrogen) atoms. The van der Waals surface area contributed by atoms with Crippen LogP contribution in [-0.4, -0.2) is 64.9 Å². The zero-order chi connectivity index (χ0) is 41.1. The SMILES string of the molecule is CN(C)C(=O)N1Cc2cc3c(cc2C[C@H]1C(=O)NC(Cc1ccc(-c2ccc(C#N)cc2)cc1)C(=O)O)NC(=O)[C@H](c1ccc(OCc2ccc(Cl)c(Cl)c2)cc1)O3. The molecule has 12 nitrogen and oxygen atoms in total. The lowest BCUT2D eigenvalue weighted by Gasteiger charge is -2.38. The van der Waals surface area contributed by atoms with E-state index in [0.29, 0.717) is 49.5 Å². The van der Waals surface area contributed by atoms with Gasteiger partial charge in [-0.2, -0.15) is 5.26 Å². The van der Waals surface area contributed by atoms with Crippen LogP contribution in [0.5, 0.6) is 11.5 Å². The maximum atomic E-state index is 13.9. The van der Waals surface area contributed by atoms with Gasteiger partial charge in [0, 0.05) is 39.0 Å². The van der Waals surface area contributed by atoms with Crippen molar-refractivity contribution in [2.24, 2.45) is 0 Å². The van der Waals surface area contributed by atoms with E-state index in [1.807, 2.05) is 30.3 Å². The molecular weight excluding hydrogens is 781 g/mol. The Bertz CT molecular complexity index is 2430. The van der Waals surface area contributed by atoms with E-state index in [2.05, 4.69) is 16.7 Å². The number of carboxylic acid groups (broad SMARTS) is 1. The fraction of sp³-hybridized carbons (Fsp3) is 0.205. The summed E-state index contributed by atoms with van der Waals surface area (Å²) in [6.07, 6.45) is -0.883. The smallest absolute Gasteiger partial charge is 0.326 e. The Morgan fingerprint density at radius 2 is 1.60 bits per heavy atom. The van der Waals surface area contributed by atoms with Gasteiger partial charge in [0.2, 0.25) is 12.0 Å². The fourth-order valence-electron chi connectivity index (χ4n) is 6.91. The molecule has 0 saturated heterocycles. The summed E-state index contributed by atoms with van der Waals surface area (Å²) < 4.78 is 12.1. The highest BCUT2D eigenvalue weighted by Gasteiger charge is 2.39. The van der Waals surface area contributed by atoms with Gasteiger partial charge >= 0.3 is 12.0 Å². The van der Waals surface area contributed by atoms with Gasteiger partial charge in [0.05, 0.1) is 27.4 Å². The average Bonchev–Trinajstić information content (AvgIpc) is 3.22. The van der Waals surface area contributed by atoms with Gasteiger partial charge in [0.25, 0.3) is 5.91 Å². The molecule has 5 aromatic rings. The molecule has 3 N–H and O–H groups in total. The number of anilines is 1. The summed E-state index contributed by atoms with van der Waals surface area (Å²) in [4.78, 5) is 56.0. The number of ether oxygens (including phenoxy) is 2. The number of hydrogen-bond acceptors (Lipinski definition) is 7. The van der Waals surface area contributed by atoms with Gasteiger partial charge in [0.1, 0.15) is 30.2 Å². The summed E-state index contributed by atoms with van der Waals surface area (Å²) in [5, 5.41) is 25.7. The van der Waals surface area contributed by atoms with Gasteiger partial charge in [0.15, 0.2) is 0 Å². The number of rotatable bonds is 10. The molecule has 14 heteroatoms. The monoisotopic (exact) mass is 817 g/mol. The fourth-order valence-corrected chi connectivity index (χ4v) is 7.23. The summed E-state index contributed by atoms with van der Waals surface area (Å²) >= 11 is 12.1. The van der Waals surface area contributed by atoms with E-state index >= 15 is 0 Å². The van der Waals surface area contributed by atoms with Crippen LogP contribution in [0.15, 0.2) is 103 Å². The minimum Gasteiger partial charge on any atom is -0.489 e. The number of carbonyl (C=O) groups is 4. The number of carboxylic acids is 1. The molecule has 0 aliphatic carbocycles. The van der Waals surface area contributed by atoms with E-state index in [-0.39, 0.29) is 31.9 Å². The summed E-state index contributed by atoms with van der Waals surface area (Å²) in [7, 11) is 3.16. The van der Waals surface area contributed by atoms with Crippen molar-refractivity contribution in [3.05, 3.63) is 147 Å². The lowest BCUT2D eigenvalue weighted by molar-refractivity contribution is -0.142. The normalized spacial score (nSPS) is 16.1. The molecule has 0 fully saturated rings. The van der Waals surface area contributed by atoms with E-state index in [1.54, 1.807) is 86.9 Å². The van der Waals surface area contributed by atoms with Crippen LogP contribution in [-0.2, 0) is 40.4 Å². The van der Waals surface area contributed by atoms with Crippen molar-refractivity contribution in [1.82, 2.24) is 15.1 Å². The zero-order valence-electron chi connectivity index (χ0n) is 31.4. The molecule has 4 amide bonds. The molecule has 2 heterocycles. The Hall–Kier alpha value is -6.55. The van der Waals surface area contributed by atoms with Gasteiger partial charge in [-0.05, 0) is 81.9 Å². The third kappa shape index (κ3) is 8.71. The number of urea groups is 1. The Balaban J connectivity index is 1.04. The number of benzene rings is 5. The highest BCUT2D eigenvalue weighted by atomic mass is 35.5. The second kappa shape index (κ2) is 16.9. The minimum absolute atomic E-state index is 0.00613. The van der Waals surface area contributed by atoms with Crippen LogP contribution in [0.4, 0.5) is 10.5 Å². The Labute approximate surface area is 344 Å². The first-order valence-corrected chi connectivity index (χ1v) is 19.0. The molecule has 5 aromatic carbocycles. The third-order valence-corrected chi connectivity index (χ3v) is 10.8. The molecule has 2 aliphatic rings. The zero-order valence-corrected chi connectivity index (χ0v) is 32.9. The number of halogens is 2. The number of carbonyl (C=O) groups excluding carboxylic acids is 3. The van der Waals surface area contributed by atoms with E-state index in [4.69, 9.17) is 37.9 Å². The van der Waals surface area contributed by atoms with Crippen LogP contribution < -0.4 is 20.1 Å². The predicted octanol–water partition coefficient (Wildman–Crippen LogP) is 7.40. The summed E-state index contributed by atoms with van der Waals surface area (Å²) in [6, 6.07) is 29.5. The van der Waals surface area contributed by atoms with Crippen LogP contribution in [0.1, 0.15) is 39.5 Å². The molecule has 294 valence electrons. The number of nitriles is 1. The molecule has 2 aliphatic heterocycles. The number of aliphatic carboxylic acids is 1. The van der Waals surface area contributed by atoms with Crippen molar-refractivity contribution in [2.75, 3.05) is 19.4 Å². The first kappa shape index (κ1) is 39.7. The maximum absolute atomic E-state index is 13.9. The molecule has 1 unspecified atom stereocenters. The molecule has 0 saturated carbocycles. The summed E-state index contributed by atoms with van der Waals surface area (Å²) in [5.74, 6) is -1.25. The number of nitrogens with zero attached hydrogens (tertiary/aromatic N) is 3. The maximum Gasteiger partial charge on any atom is 0.326 e. The van der Waals surface area contributed by atoms with Gasteiger partial charge < -0.3 is 35.0 Å². The average molecular weight is 819 g/mol. The van der Waals surface area contributed by atoms with Crippen LogP contribution >= 0.6 is 23.2 Å². The molecule has 0 spiro atoms. The molecule has 0 aromatic heterocycles. The standard InChI is InChI=1S/C44H37Cl2N5O7/c1-50(2)44(56)51-23-32-21-39-36(48-42(53)40(58-39)30-12-14-33(15-13-30)57-24-27-7-16-34(45)35(46)17-27)19-31(32)20-38(51)41(52)49-37(43(54)55)18-25-3-8-28(9-4-25)29-10-5-26(22-47)6-11-29/h3-17,19,21,37-38,40H,18,20,23-24H2,1-2H3,(H,48,53)(H,49,52)(H,54,55)/t37?,38-,40-/m0/s1. The van der Waals surface area contributed by atoms with E-state index in [1.165, 1.54) is 9.80 Å².